The van der Waals surface area contributed by atoms with E-state index in [2.05, 4.69) is 5.32 Å². The van der Waals surface area contributed by atoms with Gasteiger partial charge in [-0.25, -0.2) is 8.42 Å². The van der Waals surface area contributed by atoms with Gasteiger partial charge in [0.05, 0.1) is 22.0 Å². The van der Waals surface area contributed by atoms with Crippen molar-refractivity contribution in [1.29, 1.82) is 0 Å². The summed E-state index contributed by atoms with van der Waals surface area (Å²) in [5.74, 6) is -0.449. The number of sulfonamides is 1. The molecule has 25 heavy (non-hydrogen) atoms. The van der Waals surface area contributed by atoms with E-state index in [-0.39, 0.29) is 0 Å². The number of benzene rings is 2. The standard InChI is InChI=1S/C17H18Cl2N2O3S/c1-3-16(17(22)20-12-9-10-14(18)15(19)11-12)21(25(2,23)24)13-7-5-4-6-8-13/h4-11,16H,3H2,1-2H3,(H,20,22)/t16-/m1/s1. The number of hydrogen-bond donors (Lipinski definition) is 1. The molecule has 1 atom stereocenters. The summed E-state index contributed by atoms with van der Waals surface area (Å²) in [5.41, 5.74) is 0.875. The number of nitrogens with zero attached hydrogens (tertiary/aromatic N) is 1. The van der Waals surface area contributed by atoms with Crippen LogP contribution in [0.4, 0.5) is 11.4 Å². The molecule has 0 unspecified atom stereocenters. The van der Waals surface area contributed by atoms with Crippen molar-refractivity contribution >= 4 is 50.5 Å². The first-order valence-electron chi connectivity index (χ1n) is 7.54. The van der Waals surface area contributed by atoms with E-state index in [9.17, 15) is 13.2 Å². The fraction of sp³-hybridized carbons (Fsp3) is 0.235. The lowest BCUT2D eigenvalue weighted by Gasteiger charge is -2.30. The van der Waals surface area contributed by atoms with Crippen LogP contribution in [0.25, 0.3) is 0 Å². The van der Waals surface area contributed by atoms with E-state index in [1.807, 2.05) is 0 Å². The third-order valence-electron chi connectivity index (χ3n) is 3.53. The predicted octanol–water partition coefficient (Wildman–Crippen LogP) is 4.18. The highest BCUT2D eigenvalue weighted by molar-refractivity contribution is 7.92. The predicted molar refractivity (Wildman–Crippen MR) is 103 cm³/mol. The average molecular weight is 401 g/mol. The second-order valence-corrected chi connectivity index (χ2v) is 8.11. The SMILES string of the molecule is CC[C@H](C(=O)Nc1ccc(Cl)c(Cl)c1)N(c1ccccc1)S(C)(=O)=O. The molecule has 2 aromatic rings. The normalized spacial score (nSPS) is 12.5. The minimum Gasteiger partial charge on any atom is -0.324 e. The Morgan fingerprint density at radius 1 is 1.12 bits per heavy atom. The van der Waals surface area contributed by atoms with Gasteiger partial charge in [-0.15, -0.1) is 0 Å². The summed E-state index contributed by atoms with van der Waals surface area (Å²) in [6, 6.07) is 12.3. The molecule has 5 nitrogen and oxygen atoms in total. The Morgan fingerprint density at radius 2 is 1.76 bits per heavy atom. The Labute approximate surface area is 157 Å². The van der Waals surface area contributed by atoms with Gasteiger partial charge in [0.15, 0.2) is 0 Å². The van der Waals surface area contributed by atoms with E-state index >= 15 is 0 Å². The lowest BCUT2D eigenvalue weighted by Crippen LogP contribution is -2.46. The van der Waals surface area contributed by atoms with Gasteiger partial charge in [0.1, 0.15) is 6.04 Å². The molecule has 0 aliphatic heterocycles. The lowest BCUT2D eigenvalue weighted by atomic mass is 10.2. The number of amides is 1. The monoisotopic (exact) mass is 400 g/mol. The molecule has 0 heterocycles. The number of hydrogen-bond acceptors (Lipinski definition) is 3. The average Bonchev–Trinajstić information content (AvgIpc) is 2.55. The van der Waals surface area contributed by atoms with Crippen molar-refractivity contribution in [3.8, 4) is 0 Å². The number of rotatable bonds is 6. The molecular formula is C17H18Cl2N2O3S. The van der Waals surface area contributed by atoms with Crippen molar-refractivity contribution in [1.82, 2.24) is 0 Å². The molecular weight excluding hydrogens is 383 g/mol. The molecule has 0 saturated carbocycles. The molecule has 2 aromatic carbocycles. The second-order valence-electron chi connectivity index (χ2n) is 5.44. The zero-order valence-electron chi connectivity index (χ0n) is 13.7. The number of para-hydroxylation sites is 1. The number of halogens is 2. The van der Waals surface area contributed by atoms with Crippen molar-refractivity contribution in [3.05, 3.63) is 58.6 Å². The summed E-state index contributed by atoms with van der Waals surface area (Å²) in [6.07, 6.45) is 1.38. The maximum absolute atomic E-state index is 12.7. The van der Waals surface area contributed by atoms with Gasteiger partial charge in [-0.3, -0.25) is 9.10 Å². The Hall–Kier alpha value is -1.76. The van der Waals surface area contributed by atoms with Gasteiger partial charge in [0.2, 0.25) is 15.9 Å². The Balaban J connectivity index is 2.34. The summed E-state index contributed by atoms with van der Waals surface area (Å²) < 4.78 is 25.7. The van der Waals surface area contributed by atoms with Crippen LogP contribution in [0.15, 0.2) is 48.5 Å². The first-order valence-corrected chi connectivity index (χ1v) is 10.1. The molecule has 0 bridgehead atoms. The molecule has 134 valence electrons. The quantitative estimate of drug-likeness (QED) is 0.790. The minimum atomic E-state index is -3.66. The smallest absolute Gasteiger partial charge is 0.248 e. The summed E-state index contributed by atoms with van der Waals surface area (Å²) >= 11 is 11.8. The van der Waals surface area contributed by atoms with Crippen LogP contribution >= 0.6 is 23.2 Å². The van der Waals surface area contributed by atoms with Gasteiger partial charge in [-0.1, -0.05) is 48.3 Å². The van der Waals surface area contributed by atoms with Gasteiger partial charge in [0.25, 0.3) is 0 Å². The van der Waals surface area contributed by atoms with Crippen LogP contribution in [0, 0.1) is 0 Å². The zero-order valence-corrected chi connectivity index (χ0v) is 16.1. The van der Waals surface area contributed by atoms with Crippen LogP contribution < -0.4 is 9.62 Å². The molecule has 0 aliphatic rings. The van der Waals surface area contributed by atoms with Crippen LogP contribution in [0.5, 0.6) is 0 Å². The largest absolute Gasteiger partial charge is 0.324 e. The second kappa shape index (κ2) is 8.08. The highest BCUT2D eigenvalue weighted by Gasteiger charge is 2.31. The van der Waals surface area contributed by atoms with Gasteiger partial charge in [0, 0.05) is 5.69 Å². The summed E-state index contributed by atoms with van der Waals surface area (Å²) in [4.78, 5) is 12.7. The molecule has 0 aliphatic carbocycles. The van der Waals surface area contributed by atoms with Gasteiger partial charge in [-0.2, -0.15) is 0 Å². The van der Waals surface area contributed by atoms with E-state index in [1.54, 1.807) is 49.4 Å². The Kier molecular flexibility index (Phi) is 6.32. The summed E-state index contributed by atoms with van der Waals surface area (Å²) in [6.45, 7) is 1.75. The third-order valence-corrected chi connectivity index (χ3v) is 5.45. The molecule has 0 radical (unpaired) electrons. The number of nitrogens with one attached hydrogen (secondary N) is 1. The topological polar surface area (TPSA) is 66.5 Å². The molecule has 1 amide bonds. The van der Waals surface area contributed by atoms with Gasteiger partial charge >= 0.3 is 0 Å². The zero-order chi connectivity index (χ0) is 18.6. The lowest BCUT2D eigenvalue weighted by molar-refractivity contribution is -0.117. The molecule has 0 fully saturated rings. The number of carbonyl (C=O) groups excluding carboxylic acids is 1. The number of carbonyl (C=O) groups is 1. The molecule has 0 saturated heterocycles. The summed E-state index contributed by atoms with van der Waals surface area (Å²) in [5, 5.41) is 3.37. The van der Waals surface area contributed by atoms with Crippen molar-refractivity contribution in [3.63, 3.8) is 0 Å². The van der Waals surface area contributed by atoms with E-state index in [0.29, 0.717) is 27.8 Å². The molecule has 0 aromatic heterocycles. The van der Waals surface area contributed by atoms with E-state index in [0.717, 1.165) is 10.6 Å². The van der Waals surface area contributed by atoms with Crippen molar-refractivity contribution in [2.45, 2.75) is 19.4 Å². The van der Waals surface area contributed by atoms with Crippen molar-refractivity contribution < 1.29 is 13.2 Å². The molecule has 0 spiro atoms. The Bertz CT molecular complexity index is 857. The first kappa shape index (κ1) is 19.6. The van der Waals surface area contributed by atoms with Crippen molar-refractivity contribution in [2.24, 2.45) is 0 Å². The fourth-order valence-corrected chi connectivity index (χ4v) is 3.94. The Morgan fingerprint density at radius 3 is 2.28 bits per heavy atom. The van der Waals surface area contributed by atoms with E-state index in [4.69, 9.17) is 23.2 Å². The molecule has 8 heteroatoms. The van der Waals surface area contributed by atoms with E-state index in [1.165, 1.54) is 6.07 Å². The maximum atomic E-state index is 12.7. The summed E-state index contributed by atoms with van der Waals surface area (Å²) in [7, 11) is -3.66. The van der Waals surface area contributed by atoms with Crippen LogP contribution in [0.1, 0.15) is 13.3 Å². The highest BCUT2D eigenvalue weighted by atomic mass is 35.5. The van der Waals surface area contributed by atoms with Gasteiger partial charge < -0.3 is 5.32 Å². The molecule has 2 rings (SSSR count). The maximum Gasteiger partial charge on any atom is 0.248 e. The van der Waals surface area contributed by atoms with Crippen molar-refractivity contribution in [2.75, 3.05) is 15.9 Å². The fourth-order valence-electron chi connectivity index (χ4n) is 2.43. The van der Waals surface area contributed by atoms with Crippen LogP contribution in [0.3, 0.4) is 0 Å². The highest BCUT2D eigenvalue weighted by Crippen LogP contribution is 2.26. The van der Waals surface area contributed by atoms with Crippen LogP contribution in [0.2, 0.25) is 10.0 Å². The third kappa shape index (κ3) is 4.87. The van der Waals surface area contributed by atoms with Crippen LogP contribution in [-0.2, 0) is 14.8 Å². The number of anilines is 2. The first-order chi connectivity index (χ1) is 11.7. The van der Waals surface area contributed by atoms with E-state index < -0.39 is 22.0 Å². The molecule has 1 N–H and O–H groups in total. The van der Waals surface area contributed by atoms with Gasteiger partial charge in [-0.05, 0) is 36.8 Å². The minimum absolute atomic E-state index is 0.301. The van der Waals surface area contributed by atoms with Crippen LogP contribution in [-0.4, -0.2) is 26.6 Å².